The van der Waals surface area contributed by atoms with Crippen molar-refractivity contribution < 1.29 is 8.78 Å². The Morgan fingerprint density at radius 1 is 1.16 bits per heavy atom. The molecule has 1 atom stereocenters. The van der Waals surface area contributed by atoms with Gasteiger partial charge < -0.3 is 5.32 Å². The fourth-order valence-corrected chi connectivity index (χ4v) is 3.69. The zero-order chi connectivity index (χ0) is 13.4. The van der Waals surface area contributed by atoms with Gasteiger partial charge in [-0.2, -0.15) is 0 Å². The second kappa shape index (κ2) is 5.02. The lowest BCUT2D eigenvalue weighted by Crippen LogP contribution is -2.16. The molecule has 1 N–H and O–H groups in total. The lowest BCUT2D eigenvalue weighted by Gasteiger charge is -2.12. The highest BCUT2D eigenvalue weighted by molar-refractivity contribution is 7.15. The summed E-state index contributed by atoms with van der Waals surface area (Å²) in [7, 11) is 1.94. The van der Waals surface area contributed by atoms with Crippen molar-refractivity contribution in [3.05, 3.63) is 46.8 Å². The van der Waals surface area contributed by atoms with E-state index in [-0.39, 0.29) is 5.56 Å². The zero-order valence-electron chi connectivity index (χ0n) is 10.6. The fourth-order valence-electron chi connectivity index (χ4n) is 2.43. The highest BCUT2D eigenvalue weighted by atomic mass is 32.1. The summed E-state index contributed by atoms with van der Waals surface area (Å²) in [6.45, 7) is 0. The number of benzene rings is 1. The van der Waals surface area contributed by atoms with Crippen LogP contribution in [-0.2, 0) is 0 Å². The van der Waals surface area contributed by atoms with Gasteiger partial charge in [-0.1, -0.05) is 6.07 Å². The van der Waals surface area contributed by atoms with Crippen LogP contribution >= 0.6 is 11.3 Å². The van der Waals surface area contributed by atoms with E-state index in [4.69, 9.17) is 0 Å². The van der Waals surface area contributed by atoms with E-state index in [1.165, 1.54) is 42.4 Å². The molecule has 0 aliphatic heterocycles. The Morgan fingerprint density at radius 2 is 1.84 bits per heavy atom. The summed E-state index contributed by atoms with van der Waals surface area (Å²) in [6, 6.07) is 8.10. The van der Waals surface area contributed by atoms with Gasteiger partial charge in [0.2, 0.25) is 0 Å². The van der Waals surface area contributed by atoms with Crippen molar-refractivity contribution in [3.8, 4) is 10.4 Å². The number of rotatable bonds is 4. The molecule has 1 aliphatic carbocycles. The summed E-state index contributed by atoms with van der Waals surface area (Å²) in [6.07, 6.45) is 2.46. The largest absolute Gasteiger partial charge is 0.312 e. The monoisotopic (exact) mass is 279 g/mol. The van der Waals surface area contributed by atoms with Crippen LogP contribution in [0.3, 0.4) is 0 Å². The van der Waals surface area contributed by atoms with Crippen molar-refractivity contribution in [1.82, 2.24) is 5.32 Å². The molecule has 19 heavy (non-hydrogen) atoms. The molecule has 0 spiro atoms. The summed E-state index contributed by atoms with van der Waals surface area (Å²) >= 11 is 1.47. The summed E-state index contributed by atoms with van der Waals surface area (Å²) < 4.78 is 27.5. The smallest absolute Gasteiger partial charge is 0.134 e. The quantitative estimate of drug-likeness (QED) is 0.876. The van der Waals surface area contributed by atoms with E-state index in [9.17, 15) is 8.78 Å². The average Bonchev–Trinajstić information content (AvgIpc) is 3.10. The number of thiophene rings is 1. The molecule has 1 aliphatic rings. The number of halogens is 2. The Kier molecular flexibility index (Phi) is 3.37. The fraction of sp³-hybridized carbons (Fsp3) is 0.333. The van der Waals surface area contributed by atoms with Crippen molar-refractivity contribution in [1.29, 1.82) is 0 Å². The Bertz CT molecular complexity index is 569. The number of nitrogens with one attached hydrogen (secondary N) is 1. The summed E-state index contributed by atoms with van der Waals surface area (Å²) in [5.74, 6) is -0.330. The van der Waals surface area contributed by atoms with Gasteiger partial charge in [0.05, 0.1) is 5.56 Å². The zero-order valence-corrected chi connectivity index (χ0v) is 11.4. The van der Waals surface area contributed by atoms with Crippen LogP contribution in [0, 0.1) is 17.6 Å². The van der Waals surface area contributed by atoms with Crippen LogP contribution in [0.1, 0.15) is 23.8 Å². The molecule has 0 amide bonds. The molecule has 2 aromatic rings. The molecule has 3 rings (SSSR count). The maximum Gasteiger partial charge on any atom is 0.134 e. The van der Waals surface area contributed by atoms with Crippen LogP contribution < -0.4 is 5.32 Å². The standard InChI is InChI=1S/C15H15F2NS/c1-18-15(9-5-6-9)13-8-7-12(19-13)14-10(16)3-2-4-11(14)17/h2-4,7-9,15,18H,5-6H2,1H3. The molecule has 1 aromatic heterocycles. The van der Waals surface area contributed by atoms with Crippen LogP contribution in [0.4, 0.5) is 8.78 Å². The van der Waals surface area contributed by atoms with E-state index >= 15 is 0 Å². The molecule has 1 unspecified atom stereocenters. The minimum Gasteiger partial charge on any atom is -0.312 e. The molecule has 0 radical (unpaired) electrons. The summed E-state index contributed by atoms with van der Waals surface area (Å²) in [5, 5.41) is 3.30. The maximum absolute atomic E-state index is 13.8. The minimum atomic E-state index is -0.499. The Hall–Kier alpha value is -1.26. The molecular formula is C15H15F2NS. The first-order valence-electron chi connectivity index (χ1n) is 6.42. The molecule has 4 heteroatoms. The van der Waals surface area contributed by atoms with E-state index < -0.39 is 11.6 Å². The Morgan fingerprint density at radius 3 is 2.42 bits per heavy atom. The molecule has 1 fully saturated rings. The second-order valence-electron chi connectivity index (χ2n) is 4.90. The van der Waals surface area contributed by atoms with Gasteiger partial charge >= 0.3 is 0 Å². The summed E-state index contributed by atoms with van der Waals surface area (Å²) in [5.41, 5.74) is 0.0874. The van der Waals surface area contributed by atoms with Crippen LogP contribution in [0.15, 0.2) is 30.3 Å². The van der Waals surface area contributed by atoms with Gasteiger partial charge in [0.1, 0.15) is 11.6 Å². The van der Waals surface area contributed by atoms with Gasteiger partial charge in [0, 0.05) is 15.8 Å². The molecule has 1 aromatic carbocycles. The normalized spacial score (nSPS) is 16.6. The minimum absolute atomic E-state index is 0.0874. The second-order valence-corrected chi connectivity index (χ2v) is 6.02. The van der Waals surface area contributed by atoms with Crippen LogP contribution in [0.5, 0.6) is 0 Å². The van der Waals surface area contributed by atoms with Gasteiger partial charge in [-0.15, -0.1) is 11.3 Å². The average molecular weight is 279 g/mol. The van der Waals surface area contributed by atoms with Crippen molar-refractivity contribution >= 4 is 11.3 Å². The van der Waals surface area contributed by atoms with Gasteiger partial charge in [-0.3, -0.25) is 0 Å². The van der Waals surface area contributed by atoms with Crippen molar-refractivity contribution in [2.24, 2.45) is 5.92 Å². The third kappa shape index (κ3) is 2.42. The predicted molar refractivity (Wildman–Crippen MR) is 74.2 cm³/mol. The topological polar surface area (TPSA) is 12.0 Å². The van der Waals surface area contributed by atoms with Gasteiger partial charge in [0.25, 0.3) is 0 Å². The van der Waals surface area contributed by atoms with Gasteiger partial charge in [-0.25, -0.2) is 8.78 Å². The predicted octanol–water partition coefficient (Wildman–Crippen LogP) is 4.36. The van der Waals surface area contributed by atoms with E-state index in [2.05, 4.69) is 5.32 Å². The molecule has 100 valence electrons. The SMILES string of the molecule is CNC(c1ccc(-c2c(F)cccc2F)s1)C1CC1. The molecule has 0 bridgehead atoms. The number of hydrogen-bond donors (Lipinski definition) is 1. The number of hydrogen-bond acceptors (Lipinski definition) is 2. The maximum atomic E-state index is 13.8. The molecular weight excluding hydrogens is 264 g/mol. The summed E-state index contributed by atoms with van der Waals surface area (Å²) in [4.78, 5) is 1.81. The van der Waals surface area contributed by atoms with Crippen LogP contribution in [0.2, 0.25) is 0 Å². The molecule has 0 saturated heterocycles. The first-order chi connectivity index (χ1) is 9.20. The molecule has 1 heterocycles. The van der Waals surface area contributed by atoms with Gasteiger partial charge in [0.15, 0.2) is 0 Å². The van der Waals surface area contributed by atoms with Crippen LogP contribution in [-0.4, -0.2) is 7.05 Å². The lowest BCUT2D eigenvalue weighted by molar-refractivity contribution is 0.537. The third-order valence-electron chi connectivity index (χ3n) is 3.55. The van der Waals surface area contributed by atoms with Crippen LogP contribution in [0.25, 0.3) is 10.4 Å². The van der Waals surface area contributed by atoms with Crippen molar-refractivity contribution in [3.63, 3.8) is 0 Å². The first kappa shape index (κ1) is 12.8. The Labute approximate surface area is 115 Å². The molecule has 1 saturated carbocycles. The van der Waals surface area contributed by atoms with E-state index in [1.807, 2.05) is 19.2 Å². The van der Waals surface area contributed by atoms with E-state index in [1.54, 1.807) is 0 Å². The van der Waals surface area contributed by atoms with Crippen molar-refractivity contribution in [2.45, 2.75) is 18.9 Å². The highest BCUT2D eigenvalue weighted by Crippen LogP contribution is 2.44. The van der Waals surface area contributed by atoms with E-state index in [0.29, 0.717) is 16.8 Å². The first-order valence-corrected chi connectivity index (χ1v) is 7.23. The van der Waals surface area contributed by atoms with Crippen molar-refractivity contribution in [2.75, 3.05) is 7.05 Å². The molecule has 1 nitrogen and oxygen atoms in total. The third-order valence-corrected chi connectivity index (χ3v) is 4.73. The Balaban J connectivity index is 1.96. The van der Waals surface area contributed by atoms with Gasteiger partial charge in [-0.05, 0) is 50.1 Å². The van der Waals surface area contributed by atoms with E-state index in [0.717, 1.165) is 4.88 Å². The lowest BCUT2D eigenvalue weighted by atomic mass is 10.1. The highest BCUT2D eigenvalue weighted by Gasteiger charge is 2.32.